The largest absolute Gasteiger partial charge is 0.344 e. The zero-order chi connectivity index (χ0) is 10.6. The minimum Gasteiger partial charge on any atom is -0.344 e. The van der Waals surface area contributed by atoms with Crippen LogP contribution in [0, 0.1) is 0 Å². The number of nitrogens with one attached hydrogen (secondary N) is 1. The minimum atomic E-state index is -0.661. The molecule has 0 spiro atoms. The van der Waals surface area contributed by atoms with Gasteiger partial charge >= 0.3 is 0 Å². The summed E-state index contributed by atoms with van der Waals surface area (Å²) in [6.45, 7) is 1.44. The summed E-state index contributed by atoms with van der Waals surface area (Å²) in [4.78, 5) is 22.7. The number of alkyl halides is 1. The first-order chi connectivity index (χ1) is 6.60. The third-order valence-corrected chi connectivity index (χ3v) is 3.02. The molecule has 0 unspecified atom stereocenters. The normalized spacial score (nSPS) is 20.1. The van der Waals surface area contributed by atoms with E-state index in [1.54, 1.807) is 0 Å². The van der Waals surface area contributed by atoms with Gasteiger partial charge in [-0.25, -0.2) is 0 Å². The highest BCUT2D eigenvalue weighted by atomic mass is 35.5. The molecule has 1 amide bonds. The summed E-state index contributed by atoms with van der Waals surface area (Å²) in [5.74, 6) is -0.209. The van der Waals surface area contributed by atoms with Crippen LogP contribution in [0.2, 0.25) is 0 Å². The van der Waals surface area contributed by atoms with Gasteiger partial charge in [-0.15, -0.1) is 11.6 Å². The fraction of sp³-hybridized carbons (Fsp3) is 0.800. The first-order valence-corrected chi connectivity index (χ1v) is 5.52. The van der Waals surface area contributed by atoms with Crippen LogP contribution in [0.1, 0.15) is 39.0 Å². The average molecular weight is 218 g/mol. The molecule has 4 heteroatoms. The zero-order valence-electron chi connectivity index (χ0n) is 8.44. The molecule has 0 saturated heterocycles. The summed E-state index contributed by atoms with van der Waals surface area (Å²) < 4.78 is 0. The Bertz CT molecular complexity index is 234. The van der Waals surface area contributed by atoms with Crippen molar-refractivity contribution in [3.63, 3.8) is 0 Å². The van der Waals surface area contributed by atoms with Gasteiger partial charge in [-0.1, -0.05) is 19.3 Å². The van der Waals surface area contributed by atoms with Gasteiger partial charge in [0.1, 0.15) is 0 Å². The van der Waals surface area contributed by atoms with E-state index in [4.69, 9.17) is 11.6 Å². The van der Waals surface area contributed by atoms with E-state index in [9.17, 15) is 9.59 Å². The van der Waals surface area contributed by atoms with Crippen molar-refractivity contribution in [3.8, 4) is 0 Å². The predicted octanol–water partition coefficient (Wildman–Crippen LogP) is 1.63. The maximum Gasteiger partial charge on any atom is 0.217 e. The third kappa shape index (κ3) is 2.47. The second-order valence-electron chi connectivity index (χ2n) is 3.88. The number of Topliss-reactive ketones (excluding diaryl/α,β-unsaturated/α-hetero) is 1. The number of amides is 1. The third-order valence-electron chi connectivity index (χ3n) is 2.78. The van der Waals surface area contributed by atoms with Gasteiger partial charge in [0.15, 0.2) is 5.78 Å². The maximum atomic E-state index is 11.7. The zero-order valence-corrected chi connectivity index (χ0v) is 9.19. The number of rotatable bonds is 3. The lowest BCUT2D eigenvalue weighted by atomic mass is 9.79. The number of carbonyl (C=O) groups excluding carboxylic acids is 2. The summed E-state index contributed by atoms with van der Waals surface area (Å²) in [6.07, 6.45) is 4.58. The molecule has 1 N–H and O–H groups in total. The summed E-state index contributed by atoms with van der Waals surface area (Å²) in [5, 5.41) is 2.77. The molecule has 14 heavy (non-hydrogen) atoms. The van der Waals surface area contributed by atoms with Crippen LogP contribution in [-0.2, 0) is 9.59 Å². The van der Waals surface area contributed by atoms with Crippen LogP contribution in [0.15, 0.2) is 0 Å². The van der Waals surface area contributed by atoms with Gasteiger partial charge in [0.05, 0.1) is 11.4 Å². The standard InChI is InChI=1S/C10H16ClNO2/c1-8(13)12-10(9(14)7-11)5-3-2-4-6-10/h2-7H2,1H3,(H,12,13). The minimum absolute atomic E-state index is 0.0136. The Balaban J connectivity index is 2.76. The van der Waals surface area contributed by atoms with E-state index in [0.717, 1.165) is 32.1 Å². The van der Waals surface area contributed by atoms with E-state index in [0.29, 0.717) is 0 Å². The van der Waals surface area contributed by atoms with Crippen molar-refractivity contribution in [2.45, 2.75) is 44.6 Å². The van der Waals surface area contributed by atoms with Crippen LogP contribution >= 0.6 is 11.6 Å². The molecule has 0 bridgehead atoms. The fourth-order valence-electron chi connectivity index (χ4n) is 2.09. The first kappa shape index (κ1) is 11.5. The highest BCUT2D eigenvalue weighted by Crippen LogP contribution is 2.29. The van der Waals surface area contributed by atoms with Crippen molar-refractivity contribution in [2.24, 2.45) is 0 Å². The number of halogens is 1. The summed E-state index contributed by atoms with van der Waals surface area (Å²) in [5.41, 5.74) is -0.661. The molecule has 1 fully saturated rings. The van der Waals surface area contributed by atoms with E-state index < -0.39 is 5.54 Å². The fourth-order valence-corrected chi connectivity index (χ4v) is 2.35. The Morgan fingerprint density at radius 1 is 1.29 bits per heavy atom. The number of ketones is 1. The van der Waals surface area contributed by atoms with Crippen LogP contribution in [0.3, 0.4) is 0 Å². The lowest BCUT2D eigenvalue weighted by Gasteiger charge is -2.35. The van der Waals surface area contributed by atoms with Gasteiger partial charge in [0.25, 0.3) is 0 Å². The Morgan fingerprint density at radius 2 is 1.86 bits per heavy atom. The molecule has 1 aliphatic rings. The Hall–Kier alpha value is -0.570. The number of hydrogen-bond acceptors (Lipinski definition) is 2. The second-order valence-corrected chi connectivity index (χ2v) is 4.15. The molecular weight excluding hydrogens is 202 g/mol. The van der Waals surface area contributed by atoms with Crippen molar-refractivity contribution in [1.29, 1.82) is 0 Å². The topological polar surface area (TPSA) is 46.2 Å². The number of hydrogen-bond donors (Lipinski definition) is 1. The summed E-state index contributed by atoms with van der Waals surface area (Å²) in [6, 6.07) is 0. The lowest BCUT2D eigenvalue weighted by Crippen LogP contribution is -2.55. The van der Waals surface area contributed by atoms with Crippen molar-refractivity contribution in [2.75, 3.05) is 5.88 Å². The van der Waals surface area contributed by atoms with E-state index >= 15 is 0 Å². The highest BCUT2D eigenvalue weighted by molar-refractivity contribution is 6.29. The first-order valence-electron chi connectivity index (χ1n) is 4.99. The smallest absolute Gasteiger partial charge is 0.217 e. The molecule has 0 heterocycles. The molecule has 0 aliphatic heterocycles. The van der Waals surface area contributed by atoms with Crippen LogP contribution in [0.5, 0.6) is 0 Å². The second kappa shape index (κ2) is 4.78. The van der Waals surface area contributed by atoms with Crippen LogP contribution in [0.4, 0.5) is 0 Å². The van der Waals surface area contributed by atoms with E-state index in [1.807, 2.05) is 0 Å². The van der Waals surface area contributed by atoms with Gasteiger partial charge in [0, 0.05) is 6.92 Å². The summed E-state index contributed by atoms with van der Waals surface area (Å²) >= 11 is 5.56. The Morgan fingerprint density at radius 3 is 2.29 bits per heavy atom. The van der Waals surface area contributed by atoms with Gasteiger partial charge < -0.3 is 5.32 Å². The van der Waals surface area contributed by atoms with Crippen molar-refractivity contribution in [3.05, 3.63) is 0 Å². The molecular formula is C10H16ClNO2. The molecule has 1 rings (SSSR count). The van der Waals surface area contributed by atoms with Crippen LogP contribution < -0.4 is 5.32 Å². The SMILES string of the molecule is CC(=O)NC1(C(=O)CCl)CCCCC1. The van der Waals surface area contributed by atoms with Crippen molar-refractivity contribution < 1.29 is 9.59 Å². The molecule has 3 nitrogen and oxygen atoms in total. The van der Waals surface area contributed by atoms with Crippen LogP contribution in [-0.4, -0.2) is 23.1 Å². The Kier molecular flexibility index (Phi) is 3.93. The van der Waals surface area contributed by atoms with Crippen molar-refractivity contribution >= 4 is 23.3 Å². The molecule has 0 atom stereocenters. The predicted molar refractivity (Wildman–Crippen MR) is 55.4 cm³/mol. The van der Waals surface area contributed by atoms with E-state index in [2.05, 4.69) is 5.32 Å². The van der Waals surface area contributed by atoms with Crippen molar-refractivity contribution in [1.82, 2.24) is 5.32 Å². The molecule has 1 saturated carbocycles. The monoisotopic (exact) mass is 217 g/mol. The quantitative estimate of drug-likeness (QED) is 0.731. The number of carbonyl (C=O) groups is 2. The average Bonchev–Trinajstić information content (AvgIpc) is 2.17. The lowest BCUT2D eigenvalue weighted by molar-refractivity contribution is -0.131. The summed E-state index contributed by atoms with van der Waals surface area (Å²) in [7, 11) is 0. The molecule has 0 aromatic carbocycles. The van der Waals surface area contributed by atoms with Crippen LogP contribution in [0.25, 0.3) is 0 Å². The molecule has 0 radical (unpaired) electrons. The molecule has 1 aliphatic carbocycles. The highest BCUT2D eigenvalue weighted by Gasteiger charge is 2.38. The van der Waals surface area contributed by atoms with Gasteiger partial charge in [-0.05, 0) is 12.8 Å². The molecule has 0 aromatic heterocycles. The van der Waals surface area contributed by atoms with Gasteiger partial charge in [-0.3, -0.25) is 9.59 Å². The molecule has 0 aromatic rings. The molecule has 80 valence electrons. The maximum absolute atomic E-state index is 11.7. The van der Waals surface area contributed by atoms with E-state index in [1.165, 1.54) is 6.92 Å². The van der Waals surface area contributed by atoms with Gasteiger partial charge in [-0.2, -0.15) is 0 Å². The van der Waals surface area contributed by atoms with E-state index in [-0.39, 0.29) is 17.6 Å². The Labute approximate surface area is 89.2 Å². The van der Waals surface area contributed by atoms with Gasteiger partial charge in [0.2, 0.25) is 5.91 Å².